The van der Waals surface area contributed by atoms with Crippen LogP contribution in [0.5, 0.6) is 5.88 Å². The number of nitrogens with zero attached hydrogens (tertiary/aromatic N) is 4. The average Bonchev–Trinajstić information content (AvgIpc) is 2.86. The first-order valence-corrected chi connectivity index (χ1v) is 12.1. The molecule has 0 bridgehead atoms. The van der Waals surface area contributed by atoms with E-state index in [0.717, 1.165) is 36.4 Å². The Labute approximate surface area is 208 Å². The number of rotatable bonds is 3. The van der Waals surface area contributed by atoms with E-state index in [0.29, 0.717) is 40.4 Å². The quantitative estimate of drug-likeness (QED) is 0.361. The van der Waals surface area contributed by atoms with Crippen molar-refractivity contribution in [1.29, 1.82) is 0 Å². The zero-order valence-electron chi connectivity index (χ0n) is 20.5. The summed E-state index contributed by atoms with van der Waals surface area (Å²) in [6, 6.07) is 8.04. The molecule has 4 N–H and O–H groups in total. The van der Waals surface area contributed by atoms with Gasteiger partial charge < -0.3 is 26.0 Å². The van der Waals surface area contributed by atoms with Gasteiger partial charge in [0, 0.05) is 47.7 Å². The van der Waals surface area contributed by atoms with Crippen molar-refractivity contribution in [3.05, 3.63) is 59.2 Å². The van der Waals surface area contributed by atoms with E-state index in [9.17, 15) is 0 Å². The summed E-state index contributed by atoms with van der Waals surface area (Å²) in [5.74, 6) is 0.433. The fraction of sp³-hybridized carbons (Fsp3) is 0.296. The minimum atomic E-state index is -0.513. The van der Waals surface area contributed by atoms with E-state index in [-0.39, 0.29) is 11.8 Å². The maximum Gasteiger partial charge on any atom is 0.238 e. The fourth-order valence-corrected chi connectivity index (χ4v) is 4.96. The molecule has 0 spiro atoms. The number of benzene rings is 2. The molecule has 0 radical (unpaired) electrons. The number of nitrogens with one attached hydrogen (secondary N) is 2. The van der Waals surface area contributed by atoms with Gasteiger partial charge in [0.05, 0.1) is 17.7 Å². The Morgan fingerprint density at radius 2 is 2.03 bits per heavy atom. The molecule has 8 nitrogen and oxygen atoms in total. The van der Waals surface area contributed by atoms with Gasteiger partial charge in [-0.3, -0.25) is 0 Å². The van der Waals surface area contributed by atoms with Crippen LogP contribution in [0.15, 0.2) is 36.7 Å². The van der Waals surface area contributed by atoms with Crippen molar-refractivity contribution in [1.82, 2.24) is 19.9 Å². The molecule has 36 heavy (non-hydrogen) atoms. The minimum absolute atomic E-state index is 0.0146. The van der Waals surface area contributed by atoms with E-state index in [1.807, 2.05) is 19.9 Å². The molecule has 9 heteroatoms. The van der Waals surface area contributed by atoms with E-state index in [2.05, 4.69) is 49.7 Å². The number of hydrogen-bond acceptors (Lipinski definition) is 8. The number of pyridine rings is 1. The molecular weight excluding hydrogens is 457 g/mol. The van der Waals surface area contributed by atoms with Gasteiger partial charge in [0.2, 0.25) is 11.8 Å². The predicted octanol–water partition coefficient (Wildman–Crippen LogP) is 4.65. The van der Waals surface area contributed by atoms with Crippen LogP contribution in [0.25, 0.3) is 22.0 Å². The number of fused-ring (bicyclic) bond motifs is 3. The Balaban J connectivity index is 1.38. The van der Waals surface area contributed by atoms with E-state index in [1.54, 1.807) is 18.5 Å². The van der Waals surface area contributed by atoms with Crippen LogP contribution in [0.4, 0.5) is 27.4 Å². The zero-order chi connectivity index (χ0) is 25.0. The summed E-state index contributed by atoms with van der Waals surface area (Å²) in [4.78, 5) is 15.8. The maximum absolute atomic E-state index is 15.5. The lowest BCUT2D eigenvalue weighted by Gasteiger charge is -2.26. The Kier molecular flexibility index (Phi) is 5.37. The van der Waals surface area contributed by atoms with Gasteiger partial charge in [0.15, 0.2) is 5.82 Å². The van der Waals surface area contributed by atoms with Gasteiger partial charge in [-0.25, -0.2) is 19.3 Å². The summed E-state index contributed by atoms with van der Waals surface area (Å²) >= 11 is 0. The van der Waals surface area contributed by atoms with E-state index < -0.39 is 5.82 Å². The molecule has 4 aromatic rings. The molecule has 4 heterocycles. The van der Waals surface area contributed by atoms with Crippen molar-refractivity contribution in [3.8, 4) is 17.0 Å². The number of anilines is 4. The molecule has 0 fully saturated rings. The minimum Gasteiger partial charge on any atom is -0.471 e. The topological polar surface area (TPSA) is 101 Å². The number of hydrogen-bond donors (Lipinski definition) is 3. The molecule has 0 saturated heterocycles. The van der Waals surface area contributed by atoms with Crippen LogP contribution in [0, 0.1) is 12.7 Å². The molecular formula is C27H28FN7O. The van der Waals surface area contributed by atoms with Crippen LogP contribution in [0.3, 0.4) is 0 Å². The lowest BCUT2D eigenvalue weighted by molar-refractivity contribution is 0.216. The molecule has 2 aromatic carbocycles. The van der Waals surface area contributed by atoms with Crippen LogP contribution in [-0.2, 0) is 13.0 Å². The van der Waals surface area contributed by atoms with Crippen molar-refractivity contribution in [2.45, 2.75) is 32.9 Å². The summed E-state index contributed by atoms with van der Waals surface area (Å²) in [5, 5.41) is 7.10. The normalized spacial score (nSPS) is 17.2. The van der Waals surface area contributed by atoms with E-state index >= 15 is 4.39 Å². The highest BCUT2D eigenvalue weighted by atomic mass is 19.1. The van der Waals surface area contributed by atoms with Crippen LogP contribution >= 0.6 is 0 Å². The second kappa shape index (κ2) is 8.60. The molecule has 0 saturated carbocycles. The van der Waals surface area contributed by atoms with Crippen LogP contribution in [0.1, 0.15) is 23.6 Å². The SMILES string of the molecule is Cc1c(-c2cc3nc(Nc4ccc5c(c4)CN(C)CC5)ncc3c(N)c2F)cnc2c1NC[C@@H](C)O2. The molecule has 6 rings (SSSR count). The third kappa shape index (κ3) is 3.85. The number of likely N-dealkylation sites (N-methyl/N-ethyl adjacent to an activating group) is 1. The second-order valence-electron chi connectivity index (χ2n) is 9.66. The molecule has 1 atom stereocenters. The van der Waals surface area contributed by atoms with Crippen LogP contribution < -0.4 is 21.1 Å². The van der Waals surface area contributed by atoms with Crippen molar-refractivity contribution >= 4 is 33.9 Å². The molecule has 0 amide bonds. The Morgan fingerprint density at radius 1 is 1.17 bits per heavy atom. The monoisotopic (exact) mass is 485 g/mol. The molecule has 0 aliphatic carbocycles. The Bertz CT molecular complexity index is 1510. The summed E-state index contributed by atoms with van der Waals surface area (Å²) in [6.07, 6.45) is 4.25. The molecule has 2 aliphatic rings. The smallest absolute Gasteiger partial charge is 0.238 e. The van der Waals surface area contributed by atoms with Crippen LogP contribution in [-0.4, -0.2) is 46.1 Å². The predicted molar refractivity (Wildman–Crippen MR) is 140 cm³/mol. The summed E-state index contributed by atoms with van der Waals surface area (Å²) < 4.78 is 21.3. The van der Waals surface area contributed by atoms with Gasteiger partial charge >= 0.3 is 0 Å². The largest absolute Gasteiger partial charge is 0.471 e. The first-order chi connectivity index (χ1) is 17.4. The Morgan fingerprint density at radius 3 is 2.89 bits per heavy atom. The van der Waals surface area contributed by atoms with Crippen molar-refractivity contribution in [2.24, 2.45) is 0 Å². The highest BCUT2D eigenvalue weighted by Gasteiger charge is 2.23. The summed E-state index contributed by atoms with van der Waals surface area (Å²) in [7, 11) is 2.13. The molecule has 2 aromatic heterocycles. The summed E-state index contributed by atoms with van der Waals surface area (Å²) in [6.45, 7) is 6.52. The highest BCUT2D eigenvalue weighted by molar-refractivity contribution is 5.96. The second-order valence-corrected chi connectivity index (χ2v) is 9.66. The lowest BCUT2D eigenvalue weighted by atomic mass is 9.98. The van der Waals surface area contributed by atoms with Gasteiger partial charge in [-0.2, -0.15) is 0 Å². The summed E-state index contributed by atoms with van der Waals surface area (Å²) in [5.41, 5.74) is 12.9. The third-order valence-electron chi connectivity index (χ3n) is 7.00. The number of ether oxygens (including phenoxy) is 1. The molecule has 0 unspecified atom stereocenters. The van der Waals surface area contributed by atoms with Gasteiger partial charge in [-0.05, 0) is 62.2 Å². The van der Waals surface area contributed by atoms with Gasteiger partial charge in [0.1, 0.15) is 11.8 Å². The Hall–Kier alpha value is -3.98. The van der Waals surface area contributed by atoms with Gasteiger partial charge in [0.25, 0.3) is 0 Å². The highest BCUT2D eigenvalue weighted by Crippen LogP contribution is 2.39. The first kappa shape index (κ1) is 22.5. The van der Waals surface area contributed by atoms with Gasteiger partial charge in [-0.15, -0.1) is 0 Å². The average molecular weight is 486 g/mol. The standard InChI is InChI=1S/C27H28FN7O/c1-14-10-30-25-15(2)20(11-31-26(25)36-14)19-9-22-21(24(29)23(19)28)12-32-27(34-22)33-18-5-4-16-6-7-35(3)13-17(16)8-18/h4-5,8-9,11-12,14,30H,6-7,10,13,29H2,1-3H3,(H,32,33,34)/t14-/m1/s1. The number of nitrogens with two attached hydrogens (primary N) is 1. The number of aromatic nitrogens is 3. The zero-order valence-corrected chi connectivity index (χ0v) is 20.5. The van der Waals surface area contributed by atoms with E-state index in [4.69, 9.17) is 10.5 Å². The fourth-order valence-electron chi connectivity index (χ4n) is 4.96. The van der Waals surface area contributed by atoms with Crippen molar-refractivity contribution < 1.29 is 9.13 Å². The first-order valence-electron chi connectivity index (χ1n) is 12.1. The third-order valence-corrected chi connectivity index (χ3v) is 7.00. The lowest BCUT2D eigenvalue weighted by Crippen LogP contribution is -2.28. The van der Waals surface area contributed by atoms with Crippen LogP contribution in [0.2, 0.25) is 0 Å². The van der Waals surface area contributed by atoms with Crippen molar-refractivity contribution in [2.75, 3.05) is 36.5 Å². The van der Waals surface area contributed by atoms with Crippen molar-refractivity contribution in [3.63, 3.8) is 0 Å². The van der Waals surface area contributed by atoms with E-state index in [1.165, 1.54) is 11.1 Å². The van der Waals surface area contributed by atoms with Gasteiger partial charge in [-0.1, -0.05) is 6.07 Å². The molecule has 184 valence electrons. The number of halogens is 1. The number of nitrogen functional groups attached to an aromatic ring is 1. The molecule has 2 aliphatic heterocycles. The maximum atomic E-state index is 15.5.